The van der Waals surface area contributed by atoms with Gasteiger partial charge >= 0.3 is 0 Å². The summed E-state index contributed by atoms with van der Waals surface area (Å²) in [6.45, 7) is 0. The van der Waals surface area contributed by atoms with Crippen LogP contribution in [0.4, 0.5) is 5.69 Å². The van der Waals surface area contributed by atoms with Crippen molar-refractivity contribution in [2.24, 2.45) is 0 Å². The smallest absolute Gasteiger partial charge is 0.293 e. The summed E-state index contributed by atoms with van der Waals surface area (Å²) in [6, 6.07) is 21.3. The fourth-order valence-corrected chi connectivity index (χ4v) is 4.22. The second-order valence-corrected chi connectivity index (χ2v) is 9.15. The largest absolute Gasteiger partial charge is 0.451 e. The summed E-state index contributed by atoms with van der Waals surface area (Å²) in [4.78, 5) is 20.6. The van der Waals surface area contributed by atoms with Crippen LogP contribution in [0.5, 0.6) is 0 Å². The molecule has 5 rings (SSSR count). The predicted octanol–water partition coefficient (Wildman–Crippen LogP) is 7.58. The lowest BCUT2D eigenvalue weighted by molar-refractivity contribution is 0.0951. The molecule has 2 heterocycles. The van der Waals surface area contributed by atoms with E-state index in [9.17, 15) is 4.79 Å². The summed E-state index contributed by atoms with van der Waals surface area (Å²) >= 11 is 23.9. The van der Waals surface area contributed by atoms with Crippen molar-refractivity contribution in [3.05, 3.63) is 93.6 Å². The molecule has 35 heavy (non-hydrogen) atoms. The highest BCUT2D eigenvalue weighted by Gasteiger charge is 2.16. The molecule has 3 N–H and O–H groups in total. The number of furan rings is 1. The molecule has 0 radical (unpaired) electrons. The van der Waals surface area contributed by atoms with Gasteiger partial charge in [-0.15, -0.1) is 0 Å². The van der Waals surface area contributed by atoms with Gasteiger partial charge in [0.25, 0.3) is 5.91 Å². The van der Waals surface area contributed by atoms with E-state index in [0.29, 0.717) is 37.9 Å². The molecule has 0 aliphatic heterocycles. The Morgan fingerprint density at radius 1 is 0.943 bits per heavy atom. The van der Waals surface area contributed by atoms with Crippen molar-refractivity contribution < 1.29 is 9.21 Å². The van der Waals surface area contributed by atoms with E-state index in [1.807, 2.05) is 30.3 Å². The minimum absolute atomic E-state index is 0.0531. The molecule has 0 bridgehead atoms. The molecule has 6 nitrogen and oxygen atoms in total. The van der Waals surface area contributed by atoms with E-state index < -0.39 is 5.91 Å². The Balaban J connectivity index is 1.30. The van der Waals surface area contributed by atoms with Crippen molar-refractivity contribution in [1.29, 1.82) is 0 Å². The van der Waals surface area contributed by atoms with Gasteiger partial charge in [0.05, 0.1) is 26.8 Å². The van der Waals surface area contributed by atoms with E-state index in [2.05, 4.69) is 20.6 Å². The number of hydrogen-bond donors (Lipinski definition) is 3. The maximum atomic E-state index is 12.7. The number of fused-ring (bicyclic) bond motifs is 1. The number of amides is 1. The minimum atomic E-state index is -0.531. The average Bonchev–Trinajstić information content (AvgIpc) is 3.49. The summed E-state index contributed by atoms with van der Waals surface area (Å²) < 4.78 is 5.67. The summed E-state index contributed by atoms with van der Waals surface area (Å²) in [5.74, 6) is 0.616. The average molecular weight is 542 g/mol. The van der Waals surface area contributed by atoms with Crippen LogP contribution in [-0.2, 0) is 0 Å². The topological polar surface area (TPSA) is 83.0 Å². The van der Waals surface area contributed by atoms with Crippen molar-refractivity contribution in [1.82, 2.24) is 15.3 Å². The Kier molecular flexibility index (Phi) is 6.49. The molecule has 5 aromatic rings. The maximum Gasteiger partial charge on any atom is 0.293 e. The zero-order valence-electron chi connectivity index (χ0n) is 17.7. The summed E-state index contributed by atoms with van der Waals surface area (Å²) in [5.41, 5.74) is 3.67. The first-order valence-electron chi connectivity index (χ1n) is 10.3. The van der Waals surface area contributed by atoms with Gasteiger partial charge in [-0.3, -0.25) is 10.1 Å². The van der Waals surface area contributed by atoms with Gasteiger partial charge in [-0.25, -0.2) is 4.98 Å². The van der Waals surface area contributed by atoms with Crippen molar-refractivity contribution in [3.63, 3.8) is 0 Å². The zero-order valence-corrected chi connectivity index (χ0v) is 20.8. The highest BCUT2D eigenvalue weighted by molar-refractivity contribution is 7.80. The van der Waals surface area contributed by atoms with Crippen LogP contribution in [-0.4, -0.2) is 21.0 Å². The first kappa shape index (κ1) is 23.4. The first-order chi connectivity index (χ1) is 16.9. The molecule has 3 aromatic carbocycles. The number of nitrogens with zero attached hydrogens (tertiary/aromatic N) is 1. The second kappa shape index (κ2) is 9.71. The molecule has 10 heteroatoms. The lowest BCUT2D eigenvalue weighted by Crippen LogP contribution is -2.34. The van der Waals surface area contributed by atoms with E-state index in [0.717, 1.165) is 16.6 Å². The molecule has 0 spiro atoms. The molecular formula is C25H15Cl3N4O2S. The molecule has 0 saturated heterocycles. The Morgan fingerprint density at radius 2 is 1.74 bits per heavy atom. The summed E-state index contributed by atoms with van der Waals surface area (Å²) in [7, 11) is 0. The van der Waals surface area contributed by atoms with Gasteiger partial charge < -0.3 is 14.7 Å². The van der Waals surface area contributed by atoms with Crippen LogP contribution in [0.1, 0.15) is 10.6 Å². The third kappa shape index (κ3) is 5.04. The Labute approximate surface area is 220 Å². The number of H-pyrrole nitrogens is 1. The normalized spacial score (nSPS) is 10.9. The molecule has 0 fully saturated rings. The SMILES string of the molecule is O=C(NC(=S)Nc1cc(-c2nc3ccccc3[nH]2)ccc1Cl)c1ccc(-c2cc(Cl)ccc2Cl)o1. The summed E-state index contributed by atoms with van der Waals surface area (Å²) in [5, 5.41) is 6.98. The number of carbonyl (C=O) groups excluding carboxylic acids is 1. The van der Waals surface area contributed by atoms with Gasteiger partial charge in [0.1, 0.15) is 11.6 Å². The van der Waals surface area contributed by atoms with Crippen molar-refractivity contribution in [2.45, 2.75) is 0 Å². The van der Waals surface area contributed by atoms with E-state index in [-0.39, 0.29) is 10.9 Å². The van der Waals surface area contributed by atoms with E-state index in [1.165, 1.54) is 6.07 Å². The van der Waals surface area contributed by atoms with Crippen LogP contribution >= 0.6 is 47.0 Å². The van der Waals surface area contributed by atoms with Gasteiger partial charge in [-0.05, 0) is 72.9 Å². The number of anilines is 1. The van der Waals surface area contributed by atoms with Crippen LogP contribution in [0.15, 0.2) is 77.2 Å². The Bertz CT molecular complexity index is 1560. The second-order valence-electron chi connectivity index (χ2n) is 7.49. The third-order valence-electron chi connectivity index (χ3n) is 5.13. The van der Waals surface area contributed by atoms with Gasteiger partial charge in [0, 0.05) is 16.1 Å². The van der Waals surface area contributed by atoms with Crippen molar-refractivity contribution in [2.75, 3.05) is 5.32 Å². The fraction of sp³-hybridized carbons (Fsp3) is 0. The Morgan fingerprint density at radius 3 is 2.57 bits per heavy atom. The number of aromatic amines is 1. The molecule has 0 saturated carbocycles. The molecule has 174 valence electrons. The Hall–Kier alpha value is -3.36. The number of nitrogens with one attached hydrogen (secondary N) is 3. The van der Waals surface area contributed by atoms with Crippen molar-refractivity contribution >= 4 is 74.8 Å². The number of rotatable bonds is 4. The lowest BCUT2D eigenvalue weighted by Gasteiger charge is -2.11. The number of hydrogen-bond acceptors (Lipinski definition) is 4. The number of aromatic nitrogens is 2. The number of carbonyl (C=O) groups is 1. The number of imidazole rings is 1. The quantitative estimate of drug-likeness (QED) is 0.204. The molecule has 0 atom stereocenters. The van der Waals surface area contributed by atoms with Gasteiger partial charge in [-0.1, -0.05) is 46.9 Å². The van der Waals surface area contributed by atoms with Crippen LogP contribution in [0, 0.1) is 0 Å². The monoisotopic (exact) mass is 540 g/mol. The van der Waals surface area contributed by atoms with Gasteiger partial charge in [0.15, 0.2) is 10.9 Å². The predicted molar refractivity (Wildman–Crippen MR) is 144 cm³/mol. The standard InChI is InChI=1S/C25H15Cl3N4O2S/c26-14-6-8-16(27)15(12-14)21-9-10-22(34-21)24(33)32-25(35)31-20-11-13(5-7-17(20)28)23-29-18-3-1-2-4-19(18)30-23/h1-12H,(H,29,30)(H2,31,32,33,35). The number of benzene rings is 3. The molecule has 1 amide bonds. The zero-order chi connectivity index (χ0) is 24.5. The molecule has 2 aromatic heterocycles. The van der Waals surface area contributed by atoms with Crippen LogP contribution in [0.25, 0.3) is 33.7 Å². The van der Waals surface area contributed by atoms with Gasteiger partial charge in [0.2, 0.25) is 0 Å². The van der Waals surface area contributed by atoms with Crippen LogP contribution in [0.3, 0.4) is 0 Å². The van der Waals surface area contributed by atoms with E-state index in [4.69, 9.17) is 51.4 Å². The van der Waals surface area contributed by atoms with E-state index >= 15 is 0 Å². The van der Waals surface area contributed by atoms with Crippen LogP contribution in [0.2, 0.25) is 15.1 Å². The fourth-order valence-electron chi connectivity index (χ4n) is 3.47. The minimum Gasteiger partial charge on any atom is -0.451 e. The van der Waals surface area contributed by atoms with E-state index in [1.54, 1.807) is 36.4 Å². The van der Waals surface area contributed by atoms with Gasteiger partial charge in [-0.2, -0.15) is 0 Å². The van der Waals surface area contributed by atoms with Crippen LogP contribution < -0.4 is 10.6 Å². The number of thiocarbonyl (C=S) groups is 1. The lowest BCUT2D eigenvalue weighted by atomic mass is 10.2. The molecule has 0 unspecified atom stereocenters. The maximum absolute atomic E-state index is 12.7. The number of para-hydroxylation sites is 2. The first-order valence-corrected chi connectivity index (χ1v) is 11.8. The van der Waals surface area contributed by atoms with Crippen molar-refractivity contribution in [3.8, 4) is 22.7 Å². The molecular weight excluding hydrogens is 527 g/mol. The highest BCUT2D eigenvalue weighted by atomic mass is 35.5. The number of halogens is 3. The molecule has 0 aliphatic rings. The third-order valence-corrected chi connectivity index (χ3v) is 6.23. The highest BCUT2D eigenvalue weighted by Crippen LogP contribution is 2.32. The summed E-state index contributed by atoms with van der Waals surface area (Å²) in [6.07, 6.45) is 0. The molecule has 0 aliphatic carbocycles.